The Kier molecular flexibility index (Phi) is 4.77. The van der Waals surface area contributed by atoms with Gasteiger partial charge in [-0.05, 0) is 6.07 Å². The van der Waals surface area contributed by atoms with Gasteiger partial charge in [-0.15, -0.1) is 0 Å². The largest absolute Gasteiger partial charge is 0.477 e. The van der Waals surface area contributed by atoms with E-state index in [0.717, 1.165) is 0 Å². The number of hydrogen-bond acceptors (Lipinski definition) is 3. The fourth-order valence-corrected chi connectivity index (χ4v) is 0.945. The molecule has 6 heteroatoms. The predicted octanol–water partition coefficient (Wildman–Crippen LogP) is -0.116. The molecule has 1 aromatic heterocycles. The van der Waals surface area contributed by atoms with Crippen molar-refractivity contribution in [3.8, 4) is 0 Å². The molecular formula is C7H10LiN2O3. The van der Waals surface area contributed by atoms with Gasteiger partial charge in [0.2, 0.25) is 0 Å². The smallest absolute Gasteiger partial charge is 0.354 e. The molecule has 0 saturated carbocycles. The van der Waals surface area contributed by atoms with Gasteiger partial charge < -0.3 is 9.84 Å². The van der Waals surface area contributed by atoms with Gasteiger partial charge in [-0.1, -0.05) is 0 Å². The Hall–Kier alpha value is -0.763. The van der Waals surface area contributed by atoms with Gasteiger partial charge in [0.25, 0.3) is 0 Å². The predicted molar refractivity (Wildman–Crippen MR) is 46.6 cm³/mol. The van der Waals surface area contributed by atoms with Crippen molar-refractivity contribution in [1.82, 2.24) is 9.78 Å². The molecule has 13 heavy (non-hydrogen) atoms. The summed E-state index contributed by atoms with van der Waals surface area (Å²) in [6.07, 6.45) is 0. The van der Waals surface area contributed by atoms with Crippen LogP contribution in [0.5, 0.6) is 0 Å². The molecule has 0 spiro atoms. The fraction of sp³-hybridized carbons (Fsp3) is 0.429. The average Bonchev–Trinajstić information content (AvgIpc) is 2.32. The first-order chi connectivity index (χ1) is 5.65. The van der Waals surface area contributed by atoms with Crippen molar-refractivity contribution in [3.63, 3.8) is 0 Å². The molecule has 0 aliphatic rings. The Balaban J connectivity index is 0.00000144. The summed E-state index contributed by atoms with van der Waals surface area (Å²) in [6, 6.07) is 1.49. The molecule has 0 fully saturated rings. The number of carbonyl (C=O) groups is 1. The fourth-order valence-electron chi connectivity index (χ4n) is 0.945. The number of carboxylic acids is 1. The van der Waals surface area contributed by atoms with Crippen molar-refractivity contribution < 1.29 is 14.6 Å². The Labute approximate surface area is 87.9 Å². The van der Waals surface area contributed by atoms with Crippen molar-refractivity contribution in [2.75, 3.05) is 7.11 Å². The Morgan fingerprint density at radius 3 is 2.77 bits per heavy atom. The molecule has 5 nitrogen and oxygen atoms in total. The summed E-state index contributed by atoms with van der Waals surface area (Å²) < 4.78 is 6.12. The van der Waals surface area contributed by atoms with Gasteiger partial charge in [-0.2, -0.15) is 5.10 Å². The number of methoxy groups -OCH3 is 1. The molecule has 0 aliphatic heterocycles. The van der Waals surface area contributed by atoms with E-state index < -0.39 is 5.97 Å². The number of aryl methyl sites for hydroxylation is 1. The molecule has 1 radical (unpaired) electrons. The van der Waals surface area contributed by atoms with Crippen LogP contribution in [0.2, 0.25) is 0 Å². The normalized spacial score (nSPS) is 9.38. The zero-order chi connectivity index (χ0) is 9.14. The molecule has 0 saturated heterocycles. The minimum Gasteiger partial charge on any atom is -0.477 e. The zero-order valence-corrected chi connectivity index (χ0v) is 7.94. The number of carboxylic acid groups (broad SMARTS) is 1. The standard InChI is InChI=1S/C7H10N2O3.Li/c1-9-6(7(10)11)3-5(8-9)4-12-2;/h3H,4H2,1-2H3,(H,10,11);. The van der Waals surface area contributed by atoms with E-state index in [4.69, 9.17) is 9.84 Å². The van der Waals surface area contributed by atoms with Gasteiger partial charge in [0.05, 0.1) is 12.3 Å². The quantitative estimate of drug-likeness (QED) is 0.654. The summed E-state index contributed by atoms with van der Waals surface area (Å²) in [7, 11) is 3.12. The second kappa shape index (κ2) is 5.07. The van der Waals surface area contributed by atoms with Gasteiger partial charge in [-0.3, -0.25) is 4.68 Å². The zero-order valence-electron chi connectivity index (χ0n) is 7.94. The molecule has 0 bridgehead atoms. The number of ether oxygens (including phenoxy) is 1. The van der Waals surface area contributed by atoms with E-state index in [9.17, 15) is 4.79 Å². The van der Waals surface area contributed by atoms with Crippen molar-refractivity contribution in [1.29, 1.82) is 0 Å². The second-order valence-electron chi connectivity index (χ2n) is 2.38. The maximum atomic E-state index is 10.5. The minimum atomic E-state index is -0.979. The van der Waals surface area contributed by atoms with Gasteiger partial charge >= 0.3 is 5.97 Å². The van der Waals surface area contributed by atoms with Crippen molar-refractivity contribution in [3.05, 3.63) is 17.5 Å². The number of nitrogens with zero attached hydrogens (tertiary/aromatic N) is 2. The molecule has 0 atom stereocenters. The van der Waals surface area contributed by atoms with E-state index in [1.807, 2.05) is 0 Å². The first-order valence-electron chi connectivity index (χ1n) is 3.40. The summed E-state index contributed by atoms with van der Waals surface area (Å²) in [4.78, 5) is 10.5. The number of rotatable bonds is 3. The van der Waals surface area contributed by atoms with Crippen molar-refractivity contribution >= 4 is 24.8 Å². The van der Waals surface area contributed by atoms with Gasteiger partial charge in [-0.25, -0.2) is 4.79 Å². The minimum absolute atomic E-state index is 0. The van der Waals surface area contributed by atoms with Crippen LogP contribution in [0.1, 0.15) is 16.2 Å². The first kappa shape index (κ1) is 12.2. The molecule has 0 amide bonds. The van der Waals surface area contributed by atoms with E-state index >= 15 is 0 Å². The van der Waals surface area contributed by atoms with E-state index in [1.165, 1.54) is 17.9 Å². The van der Waals surface area contributed by atoms with Crippen molar-refractivity contribution in [2.24, 2.45) is 7.05 Å². The third kappa shape index (κ3) is 2.88. The molecule has 0 unspecified atom stereocenters. The molecule has 0 aliphatic carbocycles. The number of aromatic carboxylic acids is 1. The van der Waals surface area contributed by atoms with Gasteiger partial charge in [0.1, 0.15) is 5.69 Å². The first-order valence-corrected chi connectivity index (χ1v) is 3.40. The summed E-state index contributed by atoms with van der Waals surface area (Å²) >= 11 is 0. The van der Waals surface area contributed by atoms with Crippen LogP contribution in [0.25, 0.3) is 0 Å². The summed E-state index contributed by atoms with van der Waals surface area (Å²) in [5.74, 6) is -0.979. The van der Waals surface area contributed by atoms with E-state index in [0.29, 0.717) is 12.3 Å². The van der Waals surface area contributed by atoms with Crippen LogP contribution in [0.15, 0.2) is 6.07 Å². The van der Waals surface area contributed by atoms with E-state index in [-0.39, 0.29) is 24.6 Å². The molecule has 1 rings (SSSR count). The summed E-state index contributed by atoms with van der Waals surface area (Å²) in [5, 5.41) is 12.6. The maximum absolute atomic E-state index is 10.5. The van der Waals surface area contributed by atoms with E-state index in [1.54, 1.807) is 7.05 Å². The van der Waals surface area contributed by atoms with Gasteiger partial charge in [0, 0.05) is 33.0 Å². The molecular weight excluding hydrogens is 167 g/mol. The molecule has 67 valence electrons. The Bertz CT molecular complexity index is 298. The third-order valence-corrected chi connectivity index (χ3v) is 1.44. The maximum Gasteiger partial charge on any atom is 0.354 e. The van der Waals surface area contributed by atoms with Crippen LogP contribution in [-0.2, 0) is 18.4 Å². The van der Waals surface area contributed by atoms with Crippen LogP contribution < -0.4 is 0 Å². The van der Waals surface area contributed by atoms with Crippen LogP contribution in [0, 0.1) is 0 Å². The topological polar surface area (TPSA) is 64.3 Å². The summed E-state index contributed by atoms with van der Waals surface area (Å²) in [6.45, 7) is 0.334. The molecule has 1 aromatic rings. The number of aromatic nitrogens is 2. The number of hydrogen-bond donors (Lipinski definition) is 1. The van der Waals surface area contributed by atoms with Crippen LogP contribution in [0.4, 0.5) is 0 Å². The molecule has 1 N–H and O–H groups in total. The van der Waals surface area contributed by atoms with Gasteiger partial charge in [0.15, 0.2) is 0 Å². The van der Waals surface area contributed by atoms with Crippen molar-refractivity contribution in [2.45, 2.75) is 6.61 Å². The van der Waals surface area contributed by atoms with Crippen LogP contribution in [0.3, 0.4) is 0 Å². The molecule has 0 aromatic carbocycles. The SMILES string of the molecule is COCc1cc(C(=O)O)n(C)n1.[Li]. The third-order valence-electron chi connectivity index (χ3n) is 1.44. The second-order valence-corrected chi connectivity index (χ2v) is 2.38. The van der Waals surface area contributed by atoms with E-state index in [2.05, 4.69) is 5.10 Å². The average molecular weight is 177 g/mol. The monoisotopic (exact) mass is 177 g/mol. The Morgan fingerprint density at radius 1 is 1.77 bits per heavy atom. The Morgan fingerprint density at radius 2 is 2.38 bits per heavy atom. The molecule has 1 heterocycles. The summed E-state index contributed by atoms with van der Waals surface area (Å²) in [5.41, 5.74) is 0.791. The van der Waals surface area contributed by atoms with Crippen LogP contribution >= 0.6 is 0 Å². The van der Waals surface area contributed by atoms with Crippen LogP contribution in [-0.4, -0.2) is 46.8 Å².